The number of phenolic OH excluding ortho intramolecular Hbond substituents is 1. The highest BCUT2D eigenvalue weighted by Crippen LogP contribution is 2.09. The average Bonchev–Trinajstić information content (AvgIpc) is 2.27. The summed E-state index contributed by atoms with van der Waals surface area (Å²) in [5.41, 5.74) is 0.426. The Morgan fingerprint density at radius 1 is 1.29 bits per heavy atom. The molecule has 0 heterocycles. The molecule has 0 aliphatic carbocycles. The van der Waals surface area contributed by atoms with Crippen molar-refractivity contribution in [3.8, 4) is 5.75 Å². The summed E-state index contributed by atoms with van der Waals surface area (Å²) in [6, 6.07) is 5.81. The molecule has 1 aromatic rings. The highest BCUT2D eigenvalue weighted by molar-refractivity contribution is 5.98. The standard InChI is InChI=1S/C11H13NO4.CH4/c1-2-16-11(15)12-7-10(14)8-3-5-9(13)6-4-8;/h3-6,13H,2,7H2,1H3,(H,12,15);1H4. The molecule has 1 aromatic carbocycles. The lowest BCUT2D eigenvalue weighted by molar-refractivity contribution is 0.0979. The first kappa shape index (κ1) is 15.0. The zero-order valence-electron chi connectivity index (χ0n) is 8.90. The van der Waals surface area contributed by atoms with Gasteiger partial charge in [0.15, 0.2) is 5.78 Å². The largest absolute Gasteiger partial charge is 0.508 e. The first-order chi connectivity index (χ1) is 7.63. The van der Waals surface area contributed by atoms with Gasteiger partial charge in [-0.25, -0.2) is 4.79 Å². The summed E-state index contributed by atoms with van der Waals surface area (Å²) < 4.78 is 4.60. The van der Waals surface area contributed by atoms with Crippen LogP contribution in [0, 0.1) is 0 Å². The van der Waals surface area contributed by atoms with Crippen molar-refractivity contribution >= 4 is 11.9 Å². The predicted molar refractivity (Wildman–Crippen MR) is 64.2 cm³/mol. The van der Waals surface area contributed by atoms with Gasteiger partial charge in [-0.3, -0.25) is 4.79 Å². The van der Waals surface area contributed by atoms with Crippen molar-refractivity contribution in [2.75, 3.05) is 13.2 Å². The van der Waals surface area contributed by atoms with Crippen LogP contribution >= 0.6 is 0 Å². The van der Waals surface area contributed by atoms with E-state index in [9.17, 15) is 9.59 Å². The second-order valence-corrected chi connectivity index (χ2v) is 3.04. The van der Waals surface area contributed by atoms with Crippen LogP contribution in [0.5, 0.6) is 5.75 Å². The zero-order valence-corrected chi connectivity index (χ0v) is 8.90. The van der Waals surface area contributed by atoms with E-state index < -0.39 is 6.09 Å². The molecular weight excluding hydrogens is 222 g/mol. The summed E-state index contributed by atoms with van der Waals surface area (Å²) in [4.78, 5) is 22.4. The van der Waals surface area contributed by atoms with Gasteiger partial charge in [-0.2, -0.15) is 0 Å². The van der Waals surface area contributed by atoms with Crippen molar-refractivity contribution in [2.24, 2.45) is 0 Å². The summed E-state index contributed by atoms with van der Waals surface area (Å²) in [5.74, 6) is -0.150. The third-order valence-electron chi connectivity index (χ3n) is 1.86. The Morgan fingerprint density at radius 3 is 2.41 bits per heavy atom. The van der Waals surface area contributed by atoms with Crippen LogP contribution in [-0.4, -0.2) is 30.1 Å². The highest BCUT2D eigenvalue weighted by atomic mass is 16.5. The molecule has 0 aliphatic rings. The molecule has 2 N–H and O–H groups in total. The highest BCUT2D eigenvalue weighted by Gasteiger charge is 2.07. The minimum absolute atomic E-state index is 0. The van der Waals surface area contributed by atoms with Gasteiger partial charge in [-0.15, -0.1) is 0 Å². The van der Waals surface area contributed by atoms with Gasteiger partial charge in [0.25, 0.3) is 0 Å². The average molecular weight is 239 g/mol. The molecule has 0 fully saturated rings. The smallest absolute Gasteiger partial charge is 0.407 e. The summed E-state index contributed by atoms with van der Waals surface area (Å²) >= 11 is 0. The van der Waals surface area contributed by atoms with Gasteiger partial charge >= 0.3 is 6.09 Å². The Hall–Kier alpha value is -2.04. The van der Waals surface area contributed by atoms with E-state index in [-0.39, 0.29) is 32.1 Å². The molecule has 0 aromatic heterocycles. The number of ketones is 1. The number of aromatic hydroxyl groups is 1. The van der Waals surface area contributed by atoms with E-state index in [2.05, 4.69) is 10.1 Å². The topological polar surface area (TPSA) is 75.6 Å². The van der Waals surface area contributed by atoms with Crippen molar-refractivity contribution in [1.29, 1.82) is 0 Å². The molecule has 0 atom stereocenters. The SMILES string of the molecule is C.CCOC(=O)NCC(=O)c1ccc(O)cc1. The van der Waals surface area contributed by atoms with Crippen molar-refractivity contribution < 1.29 is 19.4 Å². The number of ether oxygens (including phenoxy) is 1. The third-order valence-corrected chi connectivity index (χ3v) is 1.86. The predicted octanol–water partition coefficient (Wildman–Crippen LogP) is 1.96. The van der Waals surface area contributed by atoms with Crippen LogP contribution in [0.3, 0.4) is 0 Å². The second-order valence-electron chi connectivity index (χ2n) is 3.04. The fraction of sp³-hybridized carbons (Fsp3) is 0.333. The van der Waals surface area contributed by atoms with Gasteiger partial charge in [0.05, 0.1) is 13.2 Å². The van der Waals surface area contributed by atoms with Gasteiger partial charge in [0.2, 0.25) is 0 Å². The monoisotopic (exact) mass is 239 g/mol. The maximum absolute atomic E-state index is 11.5. The number of Topliss-reactive ketones (excluding diaryl/α,β-unsaturated/α-hetero) is 1. The number of carbonyl (C=O) groups excluding carboxylic acids is 2. The number of nitrogens with one attached hydrogen (secondary N) is 1. The van der Waals surface area contributed by atoms with E-state index in [0.29, 0.717) is 5.56 Å². The fourth-order valence-electron chi connectivity index (χ4n) is 1.08. The summed E-state index contributed by atoms with van der Waals surface area (Å²) in [7, 11) is 0. The van der Waals surface area contributed by atoms with Crippen LogP contribution in [0.4, 0.5) is 4.79 Å². The van der Waals surface area contributed by atoms with E-state index >= 15 is 0 Å². The molecule has 0 saturated carbocycles. The number of amides is 1. The molecule has 0 radical (unpaired) electrons. The van der Waals surface area contributed by atoms with Crippen LogP contribution in [0.15, 0.2) is 24.3 Å². The molecule has 17 heavy (non-hydrogen) atoms. The van der Waals surface area contributed by atoms with Crippen LogP contribution in [-0.2, 0) is 4.74 Å². The summed E-state index contributed by atoms with van der Waals surface area (Å²) in [5, 5.41) is 11.3. The molecule has 1 amide bonds. The molecule has 1 rings (SSSR count). The van der Waals surface area contributed by atoms with Gasteiger partial charge in [0.1, 0.15) is 5.75 Å². The first-order valence-corrected chi connectivity index (χ1v) is 4.86. The maximum atomic E-state index is 11.5. The number of carbonyl (C=O) groups is 2. The van der Waals surface area contributed by atoms with Crippen LogP contribution in [0.25, 0.3) is 0 Å². The second kappa shape index (κ2) is 7.27. The number of alkyl carbamates (subject to hydrolysis) is 1. The van der Waals surface area contributed by atoms with Crippen molar-refractivity contribution in [3.63, 3.8) is 0 Å². The minimum Gasteiger partial charge on any atom is -0.508 e. The molecule has 0 unspecified atom stereocenters. The molecular formula is C12H17NO4. The summed E-state index contributed by atoms with van der Waals surface area (Å²) in [6.07, 6.45) is -0.616. The number of phenols is 1. The molecule has 5 heteroatoms. The number of benzene rings is 1. The lowest BCUT2D eigenvalue weighted by Crippen LogP contribution is -2.30. The van der Waals surface area contributed by atoms with Gasteiger partial charge in [-0.1, -0.05) is 7.43 Å². The third kappa shape index (κ3) is 5.01. The molecule has 0 aliphatic heterocycles. The van der Waals surface area contributed by atoms with Crippen LogP contribution in [0.1, 0.15) is 24.7 Å². The van der Waals surface area contributed by atoms with Crippen molar-refractivity contribution in [3.05, 3.63) is 29.8 Å². The molecule has 94 valence electrons. The van der Waals surface area contributed by atoms with Crippen LogP contribution in [0.2, 0.25) is 0 Å². The fourth-order valence-corrected chi connectivity index (χ4v) is 1.08. The zero-order chi connectivity index (χ0) is 12.0. The number of rotatable bonds is 4. The van der Waals surface area contributed by atoms with Gasteiger partial charge < -0.3 is 15.2 Å². The number of hydrogen-bond acceptors (Lipinski definition) is 4. The Balaban J connectivity index is 0.00000256. The van der Waals surface area contributed by atoms with Crippen molar-refractivity contribution in [1.82, 2.24) is 5.32 Å². The lowest BCUT2D eigenvalue weighted by Gasteiger charge is -2.04. The Morgan fingerprint density at radius 2 is 1.88 bits per heavy atom. The maximum Gasteiger partial charge on any atom is 0.407 e. The molecule has 0 saturated heterocycles. The minimum atomic E-state index is -0.616. The first-order valence-electron chi connectivity index (χ1n) is 4.86. The normalized spacial score (nSPS) is 9.00. The lowest BCUT2D eigenvalue weighted by atomic mass is 10.1. The quantitative estimate of drug-likeness (QED) is 0.787. The van der Waals surface area contributed by atoms with E-state index in [1.165, 1.54) is 24.3 Å². The van der Waals surface area contributed by atoms with Gasteiger partial charge in [0, 0.05) is 5.56 Å². The van der Waals surface area contributed by atoms with E-state index in [0.717, 1.165) is 0 Å². The Kier molecular flexibility index (Phi) is 6.40. The van der Waals surface area contributed by atoms with E-state index in [4.69, 9.17) is 5.11 Å². The molecule has 0 spiro atoms. The Bertz CT molecular complexity index is 373. The number of hydrogen-bond donors (Lipinski definition) is 2. The molecule has 5 nitrogen and oxygen atoms in total. The summed E-state index contributed by atoms with van der Waals surface area (Å²) in [6.45, 7) is 1.82. The van der Waals surface area contributed by atoms with Gasteiger partial charge in [-0.05, 0) is 31.2 Å². The molecule has 0 bridgehead atoms. The Labute approximate surface area is 100 Å². The van der Waals surface area contributed by atoms with Crippen molar-refractivity contribution in [2.45, 2.75) is 14.4 Å². The van der Waals surface area contributed by atoms with Crippen LogP contribution < -0.4 is 5.32 Å². The van der Waals surface area contributed by atoms with E-state index in [1.54, 1.807) is 6.92 Å². The van der Waals surface area contributed by atoms with E-state index in [1.807, 2.05) is 0 Å².